The second-order valence-corrected chi connectivity index (χ2v) is 9.69. The molecule has 0 heterocycles. The monoisotopic (exact) mass is 441 g/mol. The fourth-order valence-electron chi connectivity index (χ4n) is 3.67. The number of hydrogen-bond donors (Lipinski definition) is 1. The van der Waals surface area contributed by atoms with Gasteiger partial charge in [-0.25, -0.2) is 13.8 Å². The van der Waals surface area contributed by atoms with Gasteiger partial charge in [0.05, 0.1) is 10.6 Å². The minimum absolute atomic E-state index is 0.147. The molecule has 31 heavy (non-hydrogen) atoms. The number of hydrogen-bond acceptors (Lipinski definition) is 4. The maximum Gasteiger partial charge on any atom is 0.264 e. The van der Waals surface area contributed by atoms with Crippen molar-refractivity contribution < 1.29 is 13.2 Å². The lowest BCUT2D eigenvalue weighted by Gasteiger charge is -2.24. The lowest BCUT2D eigenvalue weighted by atomic mass is 9.99. The van der Waals surface area contributed by atoms with Gasteiger partial charge in [0, 0.05) is 5.71 Å². The van der Waals surface area contributed by atoms with Gasteiger partial charge in [-0.2, -0.15) is 5.10 Å². The van der Waals surface area contributed by atoms with Crippen molar-refractivity contribution in [1.82, 2.24) is 5.43 Å². The summed E-state index contributed by atoms with van der Waals surface area (Å²) in [5.41, 5.74) is 5.13. The van der Waals surface area contributed by atoms with E-state index in [0.717, 1.165) is 47.7 Å². The number of nitrogens with one attached hydrogen (secondary N) is 1. The average molecular weight is 442 g/mol. The molecule has 0 bridgehead atoms. The number of carbonyl (C=O) groups is 1. The van der Waals surface area contributed by atoms with Crippen LogP contribution < -0.4 is 9.73 Å². The van der Waals surface area contributed by atoms with Gasteiger partial charge in [-0.15, -0.1) is 0 Å². The summed E-state index contributed by atoms with van der Waals surface area (Å²) in [4.78, 5) is 12.8. The molecule has 1 aliphatic rings. The van der Waals surface area contributed by atoms with E-state index < -0.39 is 15.9 Å². The first kappa shape index (κ1) is 23.0. The third kappa shape index (κ3) is 6.40. The van der Waals surface area contributed by atoms with Crippen molar-refractivity contribution in [2.45, 2.75) is 63.2 Å². The quantitative estimate of drug-likeness (QED) is 0.635. The van der Waals surface area contributed by atoms with Crippen LogP contribution in [-0.4, -0.2) is 26.6 Å². The van der Waals surface area contributed by atoms with Crippen molar-refractivity contribution in [2.24, 2.45) is 5.10 Å². The summed E-state index contributed by atoms with van der Waals surface area (Å²) in [6, 6.07) is 15.4. The third-order valence-corrected chi connectivity index (χ3v) is 7.31. The highest BCUT2D eigenvalue weighted by molar-refractivity contribution is 7.92. The number of aryl methyl sites for hydroxylation is 1. The van der Waals surface area contributed by atoms with Gasteiger partial charge in [0.15, 0.2) is 0 Å². The zero-order valence-corrected chi connectivity index (χ0v) is 18.9. The molecule has 0 aliphatic heterocycles. The number of anilines is 1. The smallest absolute Gasteiger partial charge is 0.264 e. The molecule has 0 unspecified atom stereocenters. The Kier molecular flexibility index (Phi) is 8.23. The van der Waals surface area contributed by atoms with Crippen LogP contribution in [0.3, 0.4) is 0 Å². The maximum atomic E-state index is 13.3. The van der Waals surface area contributed by atoms with Crippen LogP contribution in [0.25, 0.3) is 0 Å². The molecule has 0 saturated heterocycles. The lowest BCUT2D eigenvalue weighted by molar-refractivity contribution is -0.119. The van der Waals surface area contributed by atoms with Gasteiger partial charge in [0.1, 0.15) is 6.54 Å². The molecule has 1 amide bonds. The van der Waals surface area contributed by atoms with E-state index >= 15 is 0 Å². The van der Waals surface area contributed by atoms with Crippen LogP contribution in [0.2, 0.25) is 0 Å². The van der Waals surface area contributed by atoms with Gasteiger partial charge in [-0.3, -0.25) is 9.10 Å². The molecule has 0 aromatic heterocycles. The molecule has 6 nitrogen and oxygen atoms in total. The van der Waals surface area contributed by atoms with E-state index in [1.165, 1.54) is 31.4 Å². The molecule has 3 rings (SSSR count). The summed E-state index contributed by atoms with van der Waals surface area (Å²) in [5.74, 6) is -0.450. The largest absolute Gasteiger partial charge is 0.271 e. The highest BCUT2D eigenvalue weighted by Crippen LogP contribution is 2.24. The standard InChI is InChI=1S/C24H31N3O3S/c1-2-20-15-17-22(18-16-20)27(31(29,30)23-13-9-6-10-14-23)19-24(28)26-25-21-11-7-4-3-5-8-12-21/h6,9-10,13-18H,2-5,7-8,11-12,19H2,1H3,(H,26,28). The van der Waals surface area contributed by atoms with Crippen LogP contribution in [0.4, 0.5) is 5.69 Å². The molecule has 1 N–H and O–H groups in total. The van der Waals surface area contributed by atoms with Gasteiger partial charge in [0.2, 0.25) is 0 Å². The minimum atomic E-state index is -3.90. The van der Waals surface area contributed by atoms with Gasteiger partial charge in [-0.1, -0.05) is 56.5 Å². The molecule has 0 atom stereocenters. The van der Waals surface area contributed by atoms with E-state index in [1.54, 1.807) is 30.3 Å². The van der Waals surface area contributed by atoms with Crippen LogP contribution in [0, 0.1) is 0 Å². The van der Waals surface area contributed by atoms with Crippen molar-refractivity contribution in [2.75, 3.05) is 10.8 Å². The molecule has 0 radical (unpaired) electrons. The zero-order chi connectivity index (χ0) is 22.1. The fraction of sp³-hybridized carbons (Fsp3) is 0.417. The first-order valence-electron chi connectivity index (χ1n) is 11.0. The number of benzene rings is 2. The Balaban J connectivity index is 1.81. The molecule has 0 spiro atoms. The van der Waals surface area contributed by atoms with Crippen LogP contribution in [0.5, 0.6) is 0 Å². The van der Waals surface area contributed by atoms with Crippen molar-refractivity contribution >= 4 is 27.3 Å². The fourth-order valence-corrected chi connectivity index (χ4v) is 5.11. The Bertz CT molecular complexity index is 976. The third-order valence-electron chi connectivity index (χ3n) is 5.52. The Labute approximate surface area is 185 Å². The van der Waals surface area contributed by atoms with Crippen molar-refractivity contribution in [3.63, 3.8) is 0 Å². The average Bonchev–Trinajstić information content (AvgIpc) is 2.77. The number of nitrogens with zero attached hydrogens (tertiary/aromatic N) is 2. The Hall–Kier alpha value is -2.67. The molecule has 1 saturated carbocycles. The van der Waals surface area contributed by atoms with Crippen LogP contribution in [0.1, 0.15) is 57.4 Å². The SMILES string of the molecule is CCc1ccc(N(CC(=O)NN=C2CCCCCCC2)S(=O)(=O)c2ccccc2)cc1. The Morgan fingerprint density at radius 2 is 1.55 bits per heavy atom. The highest BCUT2D eigenvalue weighted by Gasteiger charge is 2.27. The van der Waals surface area contributed by atoms with E-state index in [1.807, 2.05) is 19.1 Å². The second kappa shape index (κ2) is 11.1. The highest BCUT2D eigenvalue weighted by atomic mass is 32.2. The predicted octanol–water partition coefficient (Wildman–Crippen LogP) is 4.66. The van der Waals surface area contributed by atoms with Crippen LogP contribution >= 0.6 is 0 Å². The topological polar surface area (TPSA) is 78.8 Å². The van der Waals surface area contributed by atoms with Crippen molar-refractivity contribution in [3.8, 4) is 0 Å². The molecule has 2 aromatic carbocycles. The Morgan fingerprint density at radius 3 is 2.16 bits per heavy atom. The summed E-state index contributed by atoms with van der Waals surface area (Å²) >= 11 is 0. The predicted molar refractivity (Wildman–Crippen MR) is 125 cm³/mol. The summed E-state index contributed by atoms with van der Waals surface area (Å²) < 4.78 is 27.8. The normalized spacial score (nSPS) is 14.9. The lowest BCUT2D eigenvalue weighted by Crippen LogP contribution is -2.39. The van der Waals surface area contributed by atoms with E-state index in [4.69, 9.17) is 0 Å². The molecule has 2 aromatic rings. The minimum Gasteiger partial charge on any atom is -0.271 e. The van der Waals surface area contributed by atoms with Gasteiger partial charge in [-0.05, 0) is 61.9 Å². The molecule has 166 valence electrons. The van der Waals surface area contributed by atoms with E-state index in [-0.39, 0.29) is 11.4 Å². The molecule has 7 heteroatoms. The second-order valence-electron chi connectivity index (χ2n) is 7.83. The van der Waals surface area contributed by atoms with E-state index in [9.17, 15) is 13.2 Å². The summed E-state index contributed by atoms with van der Waals surface area (Å²) in [6.45, 7) is 1.70. The maximum absolute atomic E-state index is 13.3. The van der Waals surface area contributed by atoms with E-state index in [2.05, 4.69) is 10.5 Å². The van der Waals surface area contributed by atoms with E-state index in [0.29, 0.717) is 5.69 Å². The van der Waals surface area contributed by atoms with Gasteiger partial charge >= 0.3 is 0 Å². The van der Waals surface area contributed by atoms with Gasteiger partial charge in [0.25, 0.3) is 15.9 Å². The number of amides is 1. The van der Waals surface area contributed by atoms with Crippen molar-refractivity contribution in [1.29, 1.82) is 0 Å². The first-order chi connectivity index (χ1) is 15.0. The molecular weight excluding hydrogens is 410 g/mol. The molecule has 1 aliphatic carbocycles. The summed E-state index contributed by atoms with van der Waals surface area (Å²) in [7, 11) is -3.90. The Morgan fingerprint density at radius 1 is 0.935 bits per heavy atom. The number of hydrazone groups is 1. The summed E-state index contributed by atoms with van der Waals surface area (Å²) in [5, 5.41) is 4.31. The van der Waals surface area contributed by atoms with Crippen LogP contribution in [-0.2, 0) is 21.2 Å². The number of carbonyl (C=O) groups excluding carboxylic acids is 1. The number of sulfonamides is 1. The molecular formula is C24H31N3O3S. The first-order valence-corrected chi connectivity index (χ1v) is 12.5. The van der Waals surface area contributed by atoms with Crippen molar-refractivity contribution in [3.05, 3.63) is 60.2 Å². The number of rotatable bonds is 7. The summed E-state index contributed by atoms with van der Waals surface area (Å²) in [6.07, 6.45) is 8.38. The van der Waals surface area contributed by atoms with Gasteiger partial charge < -0.3 is 0 Å². The molecule has 1 fully saturated rings. The zero-order valence-electron chi connectivity index (χ0n) is 18.1. The van der Waals surface area contributed by atoms with Crippen LogP contribution in [0.15, 0.2) is 64.6 Å².